The first-order valence-corrected chi connectivity index (χ1v) is 13.6. The van der Waals surface area contributed by atoms with Gasteiger partial charge in [-0.3, -0.25) is 0 Å². The van der Waals surface area contributed by atoms with Crippen molar-refractivity contribution in [3.05, 3.63) is 23.3 Å². The quantitative estimate of drug-likeness (QED) is 0.226. The SMILES string of the molecule is CC(C)(C1=CC(Br)(Br)C(O)C(Br)(Br)C1)C1=CC(Br)(Br)C(O)C(Br)(Br)C1. The summed E-state index contributed by atoms with van der Waals surface area (Å²) < 4.78 is -2.79. The summed E-state index contributed by atoms with van der Waals surface area (Å²) in [5, 5.41) is 21.1. The third kappa shape index (κ3) is 4.94. The summed E-state index contributed by atoms with van der Waals surface area (Å²) in [6.07, 6.45) is 3.88. The molecule has 0 heterocycles. The molecule has 144 valence electrons. The molecule has 2 unspecified atom stereocenters. The molecule has 2 atom stereocenters. The molecular formula is C15H16Br8O2. The second-order valence-corrected chi connectivity index (χ2v) is 22.2. The molecule has 0 radical (unpaired) electrons. The predicted octanol–water partition coefficient (Wildman–Crippen LogP) is 7.34. The van der Waals surface area contributed by atoms with Crippen LogP contribution >= 0.6 is 127 Å². The number of aliphatic hydroxyl groups is 2. The van der Waals surface area contributed by atoms with Crippen molar-refractivity contribution in [3.8, 4) is 0 Å². The van der Waals surface area contributed by atoms with Gasteiger partial charge in [-0.2, -0.15) is 0 Å². The summed E-state index contributed by atoms with van der Waals surface area (Å²) in [4.78, 5) is 0. The van der Waals surface area contributed by atoms with Gasteiger partial charge in [0.2, 0.25) is 0 Å². The van der Waals surface area contributed by atoms with E-state index < -0.39 is 25.1 Å². The van der Waals surface area contributed by atoms with E-state index in [9.17, 15) is 10.2 Å². The van der Waals surface area contributed by atoms with Crippen LogP contribution in [-0.2, 0) is 0 Å². The topological polar surface area (TPSA) is 40.5 Å². The van der Waals surface area contributed by atoms with Gasteiger partial charge in [0.05, 0.1) is 0 Å². The van der Waals surface area contributed by atoms with Crippen LogP contribution in [-0.4, -0.2) is 35.4 Å². The maximum Gasteiger partial charge on any atom is 0.127 e. The number of hydrogen-bond acceptors (Lipinski definition) is 2. The van der Waals surface area contributed by atoms with Crippen LogP contribution in [0.2, 0.25) is 0 Å². The Morgan fingerprint density at radius 1 is 0.760 bits per heavy atom. The zero-order chi connectivity index (χ0) is 19.6. The molecule has 0 saturated carbocycles. The number of allylic oxidation sites excluding steroid dienone is 2. The number of hydrogen-bond donors (Lipinski definition) is 2. The molecule has 2 N–H and O–H groups in total. The Bertz CT molecular complexity index is 569. The van der Waals surface area contributed by atoms with Crippen molar-refractivity contribution in [2.45, 2.75) is 51.8 Å². The maximum absolute atomic E-state index is 10.5. The van der Waals surface area contributed by atoms with Gasteiger partial charge in [-0.1, -0.05) is 165 Å². The zero-order valence-electron chi connectivity index (χ0n) is 13.1. The van der Waals surface area contributed by atoms with Crippen molar-refractivity contribution in [2.24, 2.45) is 5.41 Å². The smallest absolute Gasteiger partial charge is 0.127 e. The van der Waals surface area contributed by atoms with E-state index in [0.717, 1.165) is 11.1 Å². The molecule has 25 heavy (non-hydrogen) atoms. The van der Waals surface area contributed by atoms with Crippen molar-refractivity contribution < 1.29 is 10.2 Å². The lowest BCUT2D eigenvalue weighted by molar-refractivity contribution is 0.154. The molecule has 2 aliphatic carbocycles. The minimum atomic E-state index is -0.744. The standard InChI is InChI=1S/C15H16Br8O2/c1-11(2,7-3-12(16,17)9(24)13(18,19)4-7)8-5-14(20,21)10(25)15(22,23)6-8/h3,5,9-10,24-25H,4,6H2,1-2H3. The number of halogens is 8. The van der Waals surface area contributed by atoms with Gasteiger partial charge < -0.3 is 10.2 Å². The Morgan fingerprint density at radius 3 is 1.28 bits per heavy atom. The molecule has 0 fully saturated rings. The summed E-state index contributed by atoms with van der Waals surface area (Å²) in [6, 6.07) is 0. The van der Waals surface area contributed by atoms with Gasteiger partial charge in [-0.15, -0.1) is 0 Å². The highest BCUT2D eigenvalue weighted by Gasteiger charge is 2.54. The Morgan fingerprint density at radius 2 is 1.04 bits per heavy atom. The van der Waals surface area contributed by atoms with Gasteiger partial charge in [0.15, 0.2) is 0 Å². The molecule has 10 heteroatoms. The van der Waals surface area contributed by atoms with Crippen LogP contribution in [0.15, 0.2) is 23.3 Å². The number of alkyl halides is 8. The summed E-state index contributed by atoms with van der Waals surface area (Å²) >= 11 is 28.8. The van der Waals surface area contributed by atoms with Gasteiger partial charge in [-0.05, 0) is 12.8 Å². The van der Waals surface area contributed by atoms with E-state index in [0.29, 0.717) is 12.8 Å². The highest BCUT2D eigenvalue weighted by molar-refractivity contribution is 9.27. The lowest BCUT2D eigenvalue weighted by atomic mass is 9.69. The highest BCUT2D eigenvalue weighted by atomic mass is 79.9. The molecule has 0 amide bonds. The third-order valence-electron chi connectivity index (χ3n) is 4.72. The van der Waals surface area contributed by atoms with E-state index in [-0.39, 0.29) is 5.41 Å². The van der Waals surface area contributed by atoms with Gasteiger partial charge in [-0.25, -0.2) is 0 Å². The van der Waals surface area contributed by atoms with Crippen molar-refractivity contribution >= 4 is 127 Å². The minimum absolute atomic E-state index is 0.306. The number of rotatable bonds is 2. The van der Waals surface area contributed by atoms with E-state index in [1.54, 1.807) is 0 Å². The second-order valence-electron chi connectivity index (χ2n) is 6.99. The summed E-state index contributed by atoms with van der Waals surface area (Å²) in [7, 11) is 0. The zero-order valence-corrected chi connectivity index (χ0v) is 25.8. The first-order valence-electron chi connectivity index (χ1n) is 7.25. The van der Waals surface area contributed by atoms with Crippen LogP contribution in [0.25, 0.3) is 0 Å². The van der Waals surface area contributed by atoms with Crippen molar-refractivity contribution in [3.63, 3.8) is 0 Å². The molecule has 2 aliphatic rings. The molecule has 0 aromatic rings. The predicted molar refractivity (Wildman–Crippen MR) is 134 cm³/mol. The Balaban J connectivity index is 2.52. The molecule has 0 aromatic carbocycles. The third-order valence-corrected chi connectivity index (χ3v) is 10.2. The Kier molecular flexibility index (Phi) is 7.58. The fraction of sp³-hybridized carbons (Fsp3) is 0.733. The van der Waals surface area contributed by atoms with E-state index >= 15 is 0 Å². The average molecular weight is 868 g/mol. The molecule has 2 rings (SSSR count). The first-order chi connectivity index (χ1) is 10.9. The molecule has 2 nitrogen and oxygen atoms in total. The Hall–Kier alpha value is 3.24. The van der Waals surface area contributed by atoms with Crippen LogP contribution in [0.1, 0.15) is 26.7 Å². The Labute approximate surface area is 215 Å². The van der Waals surface area contributed by atoms with E-state index in [2.05, 4.69) is 141 Å². The largest absolute Gasteiger partial charge is 0.388 e. The van der Waals surface area contributed by atoms with Gasteiger partial charge in [0, 0.05) is 5.41 Å². The fourth-order valence-electron chi connectivity index (χ4n) is 3.00. The summed E-state index contributed by atoms with van der Waals surface area (Å²) in [6.45, 7) is 4.30. The molecule has 0 saturated heterocycles. The molecule has 0 spiro atoms. The van der Waals surface area contributed by atoms with Crippen molar-refractivity contribution in [2.75, 3.05) is 0 Å². The minimum Gasteiger partial charge on any atom is -0.388 e. The van der Waals surface area contributed by atoms with Gasteiger partial charge in [0.25, 0.3) is 0 Å². The van der Waals surface area contributed by atoms with Gasteiger partial charge in [0.1, 0.15) is 25.1 Å². The van der Waals surface area contributed by atoms with Crippen molar-refractivity contribution in [1.29, 1.82) is 0 Å². The van der Waals surface area contributed by atoms with Crippen LogP contribution in [0.5, 0.6) is 0 Å². The van der Waals surface area contributed by atoms with E-state index in [1.165, 1.54) is 0 Å². The lowest BCUT2D eigenvalue weighted by Gasteiger charge is -2.47. The normalized spacial score (nSPS) is 33.4. The molecule has 0 aromatic heterocycles. The fourth-order valence-corrected chi connectivity index (χ4v) is 10.8. The summed E-state index contributed by atoms with van der Waals surface area (Å²) in [5.41, 5.74) is 1.99. The maximum atomic E-state index is 10.5. The highest BCUT2D eigenvalue weighted by Crippen LogP contribution is 2.59. The molecular weight excluding hydrogens is 851 g/mol. The first kappa shape index (κ1) is 24.5. The second kappa shape index (κ2) is 7.74. The molecule has 0 aliphatic heterocycles. The van der Waals surface area contributed by atoms with Crippen LogP contribution in [0, 0.1) is 5.41 Å². The van der Waals surface area contributed by atoms with E-state index in [4.69, 9.17) is 0 Å². The van der Waals surface area contributed by atoms with Crippen molar-refractivity contribution in [1.82, 2.24) is 0 Å². The monoisotopic (exact) mass is 859 g/mol. The van der Waals surface area contributed by atoms with Crippen LogP contribution < -0.4 is 0 Å². The lowest BCUT2D eigenvalue weighted by Crippen LogP contribution is -2.49. The molecule has 0 bridgehead atoms. The number of aliphatic hydroxyl groups excluding tert-OH is 2. The van der Waals surface area contributed by atoms with E-state index in [1.807, 2.05) is 12.2 Å². The summed E-state index contributed by atoms with van der Waals surface area (Å²) in [5.74, 6) is 0. The van der Waals surface area contributed by atoms with Crippen LogP contribution in [0.4, 0.5) is 0 Å². The van der Waals surface area contributed by atoms with Crippen LogP contribution in [0.3, 0.4) is 0 Å². The average Bonchev–Trinajstić information content (AvgIpc) is 2.40. The van der Waals surface area contributed by atoms with Gasteiger partial charge >= 0.3 is 0 Å².